The number of rotatable bonds is 3. The van der Waals surface area contributed by atoms with E-state index in [1.807, 2.05) is 13.8 Å². The van der Waals surface area contributed by atoms with E-state index >= 15 is 0 Å². The lowest BCUT2D eigenvalue weighted by Gasteiger charge is -2.12. The first-order chi connectivity index (χ1) is 7.83. The second-order valence-electron chi connectivity index (χ2n) is 4.21. The Morgan fingerprint density at radius 2 is 1.71 bits per heavy atom. The maximum Gasteiger partial charge on any atom is 0.160 e. The Morgan fingerprint density at radius 3 is 2.12 bits per heavy atom. The third-order valence-corrected chi connectivity index (χ3v) is 4.57. The lowest BCUT2D eigenvalue weighted by molar-refractivity contribution is 0.298. The average molecular weight is 315 g/mol. The molecule has 1 fully saturated rings. The molecule has 1 aliphatic carbocycles. The first-order valence-electron chi connectivity index (χ1n) is 5.15. The van der Waals surface area contributed by atoms with E-state index in [2.05, 4.69) is 4.98 Å². The Bertz CT molecular complexity index is 435. The molecule has 0 saturated heterocycles. The maximum atomic E-state index is 6.11. The molecule has 94 valence electrons. The van der Waals surface area contributed by atoms with Crippen LogP contribution < -0.4 is 4.74 Å². The van der Waals surface area contributed by atoms with E-state index in [0.29, 0.717) is 33.8 Å². The summed E-state index contributed by atoms with van der Waals surface area (Å²) in [7, 11) is 0. The molecule has 0 N–H and O–H groups in total. The Morgan fingerprint density at radius 1 is 1.24 bits per heavy atom. The van der Waals surface area contributed by atoms with Crippen molar-refractivity contribution in [1.82, 2.24) is 4.98 Å². The summed E-state index contributed by atoms with van der Waals surface area (Å²) in [6, 6.07) is 0. The minimum Gasteiger partial charge on any atom is -0.490 e. The average Bonchev–Trinajstić information content (AvgIpc) is 2.84. The highest BCUT2D eigenvalue weighted by Crippen LogP contribution is 2.53. The largest absolute Gasteiger partial charge is 0.490 e. The molecule has 2 rings (SSSR count). The molecule has 6 heteroatoms. The van der Waals surface area contributed by atoms with E-state index in [4.69, 9.17) is 51.1 Å². The molecule has 0 spiro atoms. The summed E-state index contributed by atoms with van der Waals surface area (Å²) in [5.41, 5.74) is 1.39. The molecule has 0 bridgehead atoms. The molecular weight excluding hydrogens is 304 g/mol. The SMILES string of the molecule is Cc1nc(C)c(Cl)c(OCC2CC2(Cl)Cl)c1Cl. The zero-order valence-electron chi connectivity index (χ0n) is 9.36. The highest BCUT2D eigenvalue weighted by Gasteiger charge is 2.52. The lowest BCUT2D eigenvalue weighted by Crippen LogP contribution is -2.06. The number of pyridine rings is 1. The quantitative estimate of drug-likeness (QED) is 0.762. The van der Waals surface area contributed by atoms with Crippen LogP contribution in [0.2, 0.25) is 10.0 Å². The highest BCUT2D eigenvalue weighted by atomic mass is 35.5. The minimum absolute atomic E-state index is 0.131. The Balaban J connectivity index is 2.15. The van der Waals surface area contributed by atoms with Gasteiger partial charge in [-0.15, -0.1) is 23.2 Å². The van der Waals surface area contributed by atoms with Gasteiger partial charge in [-0.1, -0.05) is 23.2 Å². The van der Waals surface area contributed by atoms with Gasteiger partial charge in [0.2, 0.25) is 0 Å². The van der Waals surface area contributed by atoms with E-state index in [-0.39, 0.29) is 5.92 Å². The Hall–Kier alpha value is 0.110. The van der Waals surface area contributed by atoms with Gasteiger partial charge in [0.25, 0.3) is 0 Å². The van der Waals surface area contributed by atoms with Crippen molar-refractivity contribution in [2.75, 3.05) is 6.61 Å². The van der Waals surface area contributed by atoms with Crippen molar-refractivity contribution in [3.8, 4) is 5.75 Å². The molecule has 1 heterocycles. The second kappa shape index (κ2) is 4.65. The predicted octanol–water partition coefficient (Wildman–Crippen LogP) is 4.58. The number of hydrogen-bond acceptors (Lipinski definition) is 2. The van der Waals surface area contributed by atoms with E-state index in [9.17, 15) is 0 Å². The molecule has 0 aromatic carbocycles. The molecule has 17 heavy (non-hydrogen) atoms. The zero-order chi connectivity index (χ0) is 12.8. The minimum atomic E-state index is -0.657. The van der Waals surface area contributed by atoms with Gasteiger partial charge in [-0.25, -0.2) is 0 Å². The third kappa shape index (κ3) is 2.76. The summed E-state index contributed by atoms with van der Waals surface area (Å²) in [6.07, 6.45) is 0.731. The monoisotopic (exact) mass is 313 g/mol. The van der Waals surface area contributed by atoms with Crippen molar-refractivity contribution in [3.05, 3.63) is 21.4 Å². The van der Waals surface area contributed by atoms with Crippen molar-refractivity contribution in [2.24, 2.45) is 5.92 Å². The maximum absolute atomic E-state index is 6.11. The number of aryl methyl sites for hydroxylation is 2. The number of ether oxygens (including phenoxy) is 1. The zero-order valence-corrected chi connectivity index (χ0v) is 12.4. The van der Waals surface area contributed by atoms with Gasteiger partial charge in [0.1, 0.15) is 14.4 Å². The van der Waals surface area contributed by atoms with Crippen LogP contribution in [-0.2, 0) is 0 Å². The summed E-state index contributed by atoms with van der Waals surface area (Å²) >= 11 is 24.1. The summed E-state index contributed by atoms with van der Waals surface area (Å²) in [4.78, 5) is 4.21. The van der Waals surface area contributed by atoms with Crippen LogP contribution in [0.5, 0.6) is 5.75 Å². The first-order valence-corrected chi connectivity index (χ1v) is 6.67. The molecule has 2 nitrogen and oxygen atoms in total. The fourth-order valence-electron chi connectivity index (χ4n) is 1.54. The molecule has 1 saturated carbocycles. The molecule has 1 aromatic rings. The van der Waals surface area contributed by atoms with Gasteiger partial charge in [0.15, 0.2) is 5.75 Å². The first kappa shape index (κ1) is 13.5. The normalized spacial score (nSPS) is 21.4. The van der Waals surface area contributed by atoms with Gasteiger partial charge in [0.05, 0.1) is 18.0 Å². The van der Waals surface area contributed by atoms with E-state index in [1.54, 1.807) is 0 Å². The molecule has 0 amide bonds. The van der Waals surface area contributed by atoms with Gasteiger partial charge in [0, 0.05) is 5.92 Å². The van der Waals surface area contributed by atoms with Gasteiger partial charge in [-0.3, -0.25) is 4.98 Å². The highest BCUT2D eigenvalue weighted by molar-refractivity contribution is 6.50. The van der Waals surface area contributed by atoms with Crippen LogP contribution in [0.4, 0.5) is 0 Å². The van der Waals surface area contributed by atoms with Gasteiger partial charge < -0.3 is 4.74 Å². The van der Waals surface area contributed by atoms with Crippen LogP contribution in [0.3, 0.4) is 0 Å². The van der Waals surface area contributed by atoms with Crippen molar-refractivity contribution < 1.29 is 4.74 Å². The number of hydrogen-bond donors (Lipinski definition) is 0. The summed E-state index contributed by atoms with van der Waals surface area (Å²) in [5.74, 6) is 0.598. The number of aromatic nitrogens is 1. The molecule has 1 aliphatic rings. The summed E-state index contributed by atoms with van der Waals surface area (Å²) < 4.78 is 4.96. The fraction of sp³-hybridized carbons (Fsp3) is 0.545. The van der Waals surface area contributed by atoms with Gasteiger partial charge in [-0.2, -0.15) is 0 Å². The number of nitrogens with zero attached hydrogens (tertiary/aromatic N) is 1. The molecule has 0 radical (unpaired) electrons. The Labute approximate surface area is 120 Å². The predicted molar refractivity (Wildman–Crippen MR) is 71.8 cm³/mol. The molecule has 1 atom stereocenters. The van der Waals surface area contributed by atoms with E-state index in [1.165, 1.54) is 0 Å². The summed E-state index contributed by atoms with van der Waals surface area (Å²) in [6.45, 7) is 4.03. The third-order valence-electron chi connectivity index (χ3n) is 2.75. The lowest BCUT2D eigenvalue weighted by atomic mass is 10.3. The van der Waals surface area contributed by atoms with Crippen molar-refractivity contribution in [2.45, 2.75) is 24.6 Å². The van der Waals surface area contributed by atoms with Crippen LogP contribution in [0.1, 0.15) is 17.8 Å². The van der Waals surface area contributed by atoms with Crippen molar-refractivity contribution in [1.29, 1.82) is 0 Å². The van der Waals surface area contributed by atoms with Gasteiger partial charge >= 0.3 is 0 Å². The molecule has 1 aromatic heterocycles. The molecule has 1 unspecified atom stereocenters. The van der Waals surface area contributed by atoms with Crippen LogP contribution in [-0.4, -0.2) is 15.9 Å². The van der Waals surface area contributed by atoms with Gasteiger partial charge in [-0.05, 0) is 20.3 Å². The standard InChI is InChI=1S/C11H11Cl4NO/c1-5-8(12)10(9(13)6(2)16-5)17-4-7-3-11(7,14)15/h7H,3-4H2,1-2H3. The van der Waals surface area contributed by atoms with Crippen molar-refractivity contribution >= 4 is 46.4 Å². The van der Waals surface area contributed by atoms with Crippen LogP contribution in [0.25, 0.3) is 0 Å². The summed E-state index contributed by atoms with van der Waals surface area (Å²) in [5, 5.41) is 0.881. The Kier molecular flexibility index (Phi) is 3.71. The van der Waals surface area contributed by atoms with Crippen LogP contribution in [0.15, 0.2) is 0 Å². The molecular formula is C11H11Cl4NO. The van der Waals surface area contributed by atoms with Crippen LogP contribution >= 0.6 is 46.4 Å². The second-order valence-corrected chi connectivity index (χ2v) is 6.51. The van der Waals surface area contributed by atoms with E-state index in [0.717, 1.165) is 6.42 Å². The fourth-order valence-corrected chi connectivity index (χ4v) is 2.47. The number of halogens is 4. The van der Waals surface area contributed by atoms with Crippen molar-refractivity contribution in [3.63, 3.8) is 0 Å². The van der Waals surface area contributed by atoms with E-state index < -0.39 is 4.33 Å². The number of alkyl halides is 2. The molecule has 0 aliphatic heterocycles. The topological polar surface area (TPSA) is 22.1 Å². The smallest absolute Gasteiger partial charge is 0.160 e. The van der Waals surface area contributed by atoms with Crippen LogP contribution in [0, 0.1) is 19.8 Å².